The van der Waals surface area contributed by atoms with Gasteiger partial charge in [-0.15, -0.1) is 0 Å². The molecule has 3 rings (SSSR count). The van der Waals surface area contributed by atoms with Crippen LogP contribution in [0.2, 0.25) is 5.02 Å². The molecule has 1 aromatic carbocycles. The van der Waals surface area contributed by atoms with Gasteiger partial charge in [-0.05, 0) is 49.5 Å². The Bertz CT molecular complexity index is 639. The highest BCUT2D eigenvalue weighted by Crippen LogP contribution is 2.29. The van der Waals surface area contributed by atoms with E-state index in [1.807, 2.05) is 19.1 Å². The fourth-order valence-electron chi connectivity index (χ4n) is 3.14. The Hall–Kier alpha value is -1.10. The van der Waals surface area contributed by atoms with Crippen LogP contribution < -0.4 is 5.32 Å². The summed E-state index contributed by atoms with van der Waals surface area (Å²) in [5.74, 6) is 0. The van der Waals surface area contributed by atoms with E-state index in [-0.39, 0.29) is 10.5 Å². The van der Waals surface area contributed by atoms with Crippen molar-refractivity contribution in [2.45, 2.75) is 43.9 Å². The molecule has 1 N–H and O–H groups in total. The van der Waals surface area contributed by atoms with Gasteiger partial charge in [-0.25, -0.2) is 4.99 Å². The smallest absolute Gasteiger partial charge is 0.305 e. The van der Waals surface area contributed by atoms with Crippen molar-refractivity contribution in [1.82, 2.24) is 5.32 Å². The first-order valence-corrected chi connectivity index (χ1v) is 9.32. The van der Waals surface area contributed by atoms with Gasteiger partial charge in [0.1, 0.15) is 0 Å². The van der Waals surface area contributed by atoms with Gasteiger partial charge in [-0.2, -0.15) is 0 Å². The number of thioether (sulfide) groups is 1. The Morgan fingerprint density at radius 3 is 2.78 bits per heavy atom. The lowest BCUT2D eigenvalue weighted by molar-refractivity contribution is 0.268. The number of amides is 1. The van der Waals surface area contributed by atoms with Crippen molar-refractivity contribution in [3.63, 3.8) is 0 Å². The average Bonchev–Trinajstić information content (AvgIpc) is 2.86. The number of nitrogens with one attached hydrogen (secondary N) is 1. The van der Waals surface area contributed by atoms with E-state index in [1.54, 1.807) is 0 Å². The Labute approximate surface area is 146 Å². The molecule has 0 bridgehead atoms. The van der Waals surface area contributed by atoms with E-state index < -0.39 is 0 Å². The zero-order valence-corrected chi connectivity index (χ0v) is 14.8. The zero-order valence-electron chi connectivity index (χ0n) is 13.2. The van der Waals surface area contributed by atoms with Crippen molar-refractivity contribution in [1.29, 1.82) is 0 Å². The number of benzene rings is 1. The number of carbonyl (C=O) groups excluding carboxylic acids is 1. The number of halogens is 1. The van der Waals surface area contributed by atoms with E-state index in [0.717, 1.165) is 43.0 Å². The Morgan fingerprint density at radius 2 is 2.09 bits per heavy atom. The summed E-state index contributed by atoms with van der Waals surface area (Å²) in [5, 5.41) is 4.61. The summed E-state index contributed by atoms with van der Waals surface area (Å²) in [6, 6.07) is 8.59. The van der Waals surface area contributed by atoms with E-state index in [2.05, 4.69) is 28.5 Å². The third kappa shape index (κ3) is 4.46. The predicted octanol–water partition coefficient (Wildman–Crippen LogP) is 4.95. The van der Waals surface area contributed by atoms with Gasteiger partial charge in [0.15, 0.2) is 0 Å². The fourth-order valence-corrected chi connectivity index (χ4v) is 4.21. The van der Waals surface area contributed by atoms with Crippen LogP contribution in [0.3, 0.4) is 0 Å². The summed E-state index contributed by atoms with van der Waals surface area (Å²) in [6.07, 6.45) is 6.59. The van der Waals surface area contributed by atoms with Crippen LogP contribution in [0.5, 0.6) is 0 Å². The van der Waals surface area contributed by atoms with Gasteiger partial charge in [0, 0.05) is 23.3 Å². The minimum atomic E-state index is -0.0313. The normalized spacial score (nSPS) is 24.5. The van der Waals surface area contributed by atoms with Crippen LogP contribution in [-0.4, -0.2) is 28.8 Å². The fraction of sp³-hybridized carbons (Fsp3) is 0.444. The molecule has 2 atom stereocenters. The lowest BCUT2D eigenvalue weighted by Gasteiger charge is -2.25. The average molecular weight is 349 g/mol. The van der Waals surface area contributed by atoms with E-state index in [0.29, 0.717) is 6.04 Å². The van der Waals surface area contributed by atoms with E-state index >= 15 is 0 Å². The van der Waals surface area contributed by atoms with Crippen molar-refractivity contribution in [2.75, 3.05) is 6.54 Å². The van der Waals surface area contributed by atoms with E-state index in [9.17, 15) is 4.79 Å². The van der Waals surface area contributed by atoms with Crippen molar-refractivity contribution in [3.8, 4) is 0 Å². The van der Waals surface area contributed by atoms with E-state index in [1.165, 1.54) is 22.9 Å². The number of hydrogen-bond donors (Lipinski definition) is 1. The second kappa shape index (κ2) is 7.65. The van der Waals surface area contributed by atoms with Crippen LogP contribution in [0.4, 0.5) is 4.79 Å². The van der Waals surface area contributed by atoms with Crippen molar-refractivity contribution >= 4 is 39.9 Å². The molecule has 23 heavy (non-hydrogen) atoms. The second-order valence-electron chi connectivity index (χ2n) is 6.10. The maximum atomic E-state index is 11.3. The minimum Gasteiger partial charge on any atom is -0.310 e. The molecular formula is C18H21ClN2OS. The van der Waals surface area contributed by atoms with Crippen LogP contribution in [0, 0.1) is 0 Å². The molecule has 0 aliphatic carbocycles. The van der Waals surface area contributed by atoms with Crippen LogP contribution in [0.25, 0.3) is 5.57 Å². The molecule has 0 spiro atoms. The van der Waals surface area contributed by atoms with Crippen LogP contribution >= 0.6 is 23.4 Å². The topological polar surface area (TPSA) is 41.5 Å². The molecule has 0 saturated heterocycles. The van der Waals surface area contributed by atoms with Crippen molar-refractivity contribution < 1.29 is 4.79 Å². The second-order valence-corrected chi connectivity index (χ2v) is 7.69. The zero-order chi connectivity index (χ0) is 16.2. The van der Waals surface area contributed by atoms with Gasteiger partial charge in [-0.3, -0.25) is 4.79 Å². The van der Waals surface area contributed by atoms with Crippen LogP contribution in [0.1, 0.15) is 38.2 Å². The number of aliphatic imine (C=N–C) groups is 1. The summed E-state index contributed by atoms with van der Waals surface area (Å²) in [7, 11) is 0. The lowest BCUT2D eigenvalue weighted by Crippen LogP contribution is -2.33. The largest absolute Gasteiger partial charge is 0.310 e. The summed E-state index contributed by atoms with van der Waals surface area (Å²) in [5.41, 5.74) is 3.65. The van der Waals surface area contributed by atoms with Gasteiger partial charge in [-0.1, -0.05) is 48.0 Å². The number of rotatable bonds is 5. The van der Waals surface area contributed by atoms with Gasteiger partial charge in [0.2, 0.25) is 0 Å². The molecule has 2 aliphatic rings. The third-order valence-electron chi connectivity index (χ3n) is 4.43. The predicted molar refractivity (Wildman–Crippen MR) is 99.6 cm³/mol. The van der Waals surface area contributed by atoms with Gasteiger partial charge < -0.3 is 5.32 Å². The highest BCUT2D eigenvalue weighted by molar-refractivity contribution is 8.15. The van der Waals surface area contributed by atoms with Crippen molar-refractivity contribution in [2.24, 2.45) is 4.99 Å². The molecule has 0 saturated carbocycles. The first kappa shape index (κ1) is 16.7. The molecule has 0 aromatic heterocycles. The van der Waals surface area contributed by atoms with E-state index in [4.69, 9.17) is 11.6 Å². The van der Waals surface area contributed by atoms with Gasteiger partial charge in [0.05, 0.1) is 5.25 Å². The van der Waals surface area contributed by atoms with Gasteiger partial charge in [0.25, 0.3) is 0 Å². The Kier molecular flexibility index (Phi) is 5.57. The highest BCUT2D eigenvalue weighted by Gasteiger charge is 2.24. The molecule has 3 nitrogen and oxygen atoms in total. The molecular weight excluding hydrogens is 328 g/mol. The Balaban J connectivity index is 1.49. The highest BCUT2D eigenvalue weighted by atomic mass is 35.5. The summed E-state index contributed by atoms with van der Waals surface area (Å²) in [4.78, 5) is 15.3. The molecule has 1 aromatic rings. The molecule has 0 fully saturated rings. The minimum absolute atomic E-state index is 0.0313. The maximum absolute atomic E-state index is 11.3. The molecule has 2 unspecified atom stereocenters. The lowest BCUT2D eigenvalue weighted by atomic mass is 9.92. The first-order chi connectivity index (χ1) is 11.1. The molecule has 122 valence electrons. The maximum Gasteiger partial charge on any atom is 0.305 e. The molecule has 0 radical (unpaired) electrons. The standard InChI is InChI=1S/C18H21ClN2OS/c1-12-17(23-18(22)21-12)4-2-3-16-11-14(9-10-20-16)13-5-7-15(19)8-6-13/h5-9,16-17,20H,2-4,10-11H2,1H3. The number of hydrogen-bond acceptors (Lipinski definition) is 3. The summed E-state index contributed by atoms with van der Waals surface area (Å²) < 4.78 is 0. The summed E-state index contributed by atoms with van der Waals surface area (Å²) in [6.45, 7) is 2.88. The molecule has 2 aliphatic heterocycles. The number of nitrogens with zero attached hydrogens (tertiary/aromatic N) is 1. The SMILES string of the molecule is CC1=NC(=O)SC1CCCC1CC(c2ccc(Cl)cc2)=CCN1. The molecule has 1 amide bonds. The van der Waals surface area contributed by atoms with Crippen LogP contribution in [-0.2, 0) is 0 Å². The van der Waals surface area contributed by atoms with Crippen LogP contribution in [0.15, 0.2) is 35.3 Å². The monoisotopic (exact) mass is 348 g/mol. The Morgan fingerprint density at radius 1 is 1.30 bits per heavy atom. The molecule has 2 heterocycles. The number of carbonyl (C=O) groups is 1. The molecule has 5 heteroatoms. The quantitative estimate of drug-likeness (QED) is 0.818. The first-order valence-electron chi connectivity index (χ1n) is 8.06. The third-order valence-corrected chi connectivity index (χ3v) is 5.84. The summed E-state index contributed by atoms with van der Waals surface area (Å²) >= 11 is 7.34. The van der Waals surface area contributed by atoms with Crippen molar-refractivity contribution in [3.05, 3.63) is 40.9 Å². The van der Waals surface area contributed by atoms with Gasteiger partial charge >= 0.3 is 5.24 Å².